The molecule has 1 aliphatic rings. The Labute approximate surface area is 117 Å². The van der Waals surface area contributed by atoms with Crippen LogP contribution in [0.1, 0.15) is 11.8 Å². The van der Waals surface area contributed by atoms with Crippen LogP contribution in [-0.2, 0) is 9.59 Å². The Kier molecular flexibility index (Phi) is 3.84. The highest BCUT2D eigenvalue weighted by molar-refractivity contribution is 8.26. The summed E-state index contributed by atoms with van der Waals surface area (Å²) in [5.74, 6) is -1.41. The van der Waals surface area contributed by atoms with Crippen molar-refractivity contribution in [3.05, 3.63) is 27.3 Å². The van der Waals surface area contributed by atoms with Crippen molar-refractivity contribution in [2.45, 2.75) is 13.0 Å². The summed E-state index contributed by atoms with van der Waals surface area (Å²) >= 11 is 7.70. The fourth-order valence-corrected chi connectivity index (χ4v) is 3.57. The van der Waals surface area contributed by atoms with Gasteiger partial charge in [0, 0.05) is 4.88 Å². The Hall–Kier alpha value is -1.18. The Balaban J connectivity index is 2.27. The molecule has 1 N–H and O–H groups in total. The van der Waals surface area contributed by atoms with Crippen molar-refractivity contribution in [2.24, 2.45) is 0 Å². The molecular formula is C11H9NO3S3. The molecule has 0 radical (unpaired) electrons. The fourth-order valence-electron chi connectivity index (χ4n) is 1.43. The second-order valence-electron chi connectivity index (χ2n) is 3.58. The third-order valence-corrected chi connectivity index (χ3v) is 4.53. The summed E-state index contributed by atoms with van der Waals surface area (Å²) in [5.41, 5.74) is 0. The molecule has 7 heteroatoms. The number of hydrogen-bond acceptors (Lipinski definition) is 5. The molecule has 1 fully saturated rings. The van der Waals surface area contributed by atoms with Crippen molar-refractivity contribution in [1.29, 1.82) is 0 Å². The standard InChI is InChI=1S/C11H9NO3S3/c1-6(10(14)15)12-9(13)8(18-11(12)16)5-7-3-2-4-17-7/h2-6H,1H3,(H,14,15)/b8-5+. The monoisotopic (exact) mass is 299 g/mol. The van der Waals surface area contributed by atoms with Gasteiger partial charge in [-0.25, -0.2) is 4.79 Å². The van der Waals surface area contributed by atoms with Gasteiger partial charge in [0.25, 0.3) is 5.91 Å². The summed E-state index contributed by atoms with van der Waals surface area (Å²) in [4.78, 5) is 25.6. The van der Waals surface area contributed by atoms with E-state index in [1.807, 2.05) is 17.5 Å². The van der Waals surface area contributed by atoms with Crippen LogP contribution in [0, 0.1) is 0 Å². The van der Waals surface area contributed by atoms with E-state index in [-0.39, 0.29) is 10.2 Å². The van der Waals surface area contributed by atoms with Crippen LogP contribution in [0.25, 0.3) is 6.08 Å². The van der Waals surface area contributed by atoms with Gasteiger partial charge in [-0.3, -0.25) is 9.69 Å². The SMILES string of the molecule is CC(C(=O)O)N1C(=O)/C(=C\c2cccs2)SC1=S. The van der Waals surface area contributed by atoms with Crippen molar-refractivity contribution in [3.8, 4) is 0 Å². The molecule has 2 rings (SSSR count). The van der Waals surface area contributed by atoms with Crippen LogP contribution in [0.15, 0.2) is 22.4 Å². The first-order valence-corrected chi connectivity index (χ1v) is 7.14. The fraction of sp³-hybridized carbons (Fsp3) is 0.182. The van der Waals surface area contributed by atoms with Gasteiger partial charge in [0.1, 0.15) is 10.4 Å². The quantitative estimate of drug-likeness (QED) is 0.686. The summed E-state index contributed by atoms with van der Waals surface area (Å²) in [7, 11) is 0. The molecule has 1 aromatic heterocycles. The lowest BCUT2D eigenvalue weighted by Crippen LogP contribution is -2.41. The van der Waals surface area contributed by atoms with E-state index in [2.05, 4.69) is 0 Å². The molecule has 18 heavy (non-hydrogen) atoms. The number of carboxylic acid groups (broad SMARTS) is 1. The lowest BCUT2D eigenvalue weighted by molar-refractivity contribution is -0.144. The molecule has 1 unspecified atom stereocenters. The molecule has 2 heterocycles. The third-order valence-electron chi connectivity index (χ3n) is 2.38. The maximum atomic E-state index is 12.1. The number of hydrogen-bond donors (Lipinski definition) is 1. The topological polar surface area (TPSA) is 57.6 Å². The van der Waals surface area contributed by atoms with E-state index in [9.17, 15) is 9.59 Å². The molecule has 4 nitrogen and oxygen atoms in total. The third kappa shape index (κ3) is 2.47. The van der Waals surface area contributed by atoms with E-state index in [0.29, 0.717) is 4.91 Å². The van der Waals surface area contributed by atoms with Gasteiger partial charge in [-0.1, -0.05) is 30.0 Å². The summed E-state index contributed by atoms with van der Waals surface area (Å²) in [6.45, 7) is 1.45. The molecule has 0 bridgehead atoms. The van der Waals surface area contributed by atoms with Gasteiger partial charge in [-0.05, 0) is 24.4 Å². The Morgan fingerprint density at radius 2 is 2.33 bits per heavy atom. The van der Waals surface area contributed by atoms with E-state index < -0.39 is 12.0 Å². The van der Waals surface area contributed by atoms with Gasteiger partial charge in [-0.2, -0.15) is 0 Å². The van der Waals surface area contributed by atoms with Gasteiger partial charge in [0.05, 0.1) is 4.91 Å². The average molecular weight is 299 g/mol. The zero-order chi connectivity index (χ0) is 13.3. The highest BCUT2D eigenvalue weighted by Gasteiger charge is 2.38. The zero-order valence-corrected chi connectivity index (χ0v) is 11.8. The van der Waals surface area contributed by atoms with Crippen LogP contribution in [0.5, 0.6) is 0 Å². The smallest absolute Gasteiger partial charge is 0.326 e. The first-order valence-electron chi connectivity index (χ1n) is 5.04. The minimum Gasteiger partial charge on any atom is -0.480 e. The number of amides is 1. The average Bonchev–Trinajstić information content (AvgIpc) is 2.88. The number of aliphatic carboxylic acids is 1. The van der Waals surface area contributed by atoms with E-state index in [1.165, 1.54) is 18.3 Å². The summed E-state index contributed by atoms with van der Waals surface area (Å²) in [6, 6.07) is 2.83. The Morgan fingerprint density at radius 1 is 1.61 bits per heavy atom. The summed E-state index contributed by atoms with van der Waals surface area (Å²) in [6.07, 6.45) is 1.73. The predicted octanol–water partition coefficient (Wildman–Crippen LogP) is 2.42. The van der Waals surface area contributed by atoms with Gasteiger partial charge < -0.3 is 5.11 Å². The van der Waals surface area contributed by atoms with Crippen LogP contribution in [0.2, 0.25) is 0 Å². The van der Waals surface area contributed by atoms with E-state index >= 15 is 0 Å². The van der Waals surface area contributed by atoms with Crippen molar-refractivity contribution >= 4 is 57.6 Å². The summed E-state index contributed by atoms with van der Waals surface area (Å²) < 4.78 is 0.290. The minimum absolute atomic E-state index is 0.290. The van der Waals surface area contributed by atoms with Gasteiger partial charge >= 0.3 is 5.97 Å². The highest BCUT2D eigenvalue weighted by Crippen LogP contribution is 2.34. The molecule has 0 saturated carbocycles. The van der Waals surface area contributed by atoms with Gasteiger partial charge in [0.2, 0.25) is 0 Å². The predicted molar refractivity (Wildman–Crippen MR) is 76.4 cm³/mol. The van der Waals surface area contributed by atoms with Crippen LogP contribution >= 0.6 is 35.3 Å². The zero-order valence-electron chi connectivity index (χ0n) is 9.32. The number of carbonyl (C=O) groups excluding carboxylic acids is 1. The molecule has 1 atom stereocenters. The number of thiocarbonyl (C=S) groups is 1. The first kappa shape index (κ1) is 13.3. The van der Waals surface area contributed by atoms with Gasteiger partial charge in [0.15, 0.2) is 0 Å². The van der Waals surface area contributed by atoms with Crippen LogP contribution in [0.4, 0.5) is 0 Å². The molecule has 1 aliphatic heterocycles. The lowest BCUT2D eigenvalue weighted by Gasteiger charge is -2.18. The number of rotatable bonds is 3. The number of thioether (sulfide) groups is 1. The van der Waals surface area contributed by atoms with Crippen molar-refractivity contribution < 1.29 is 14.7 Å². The van der Waals surface area contributed by atoms with Crippen molar-refractivity contribution in [1.82, 2.24) is 4.90 Å². The highest BCUT2D eigenvalue weighted by atomic mass is 32.2. The maximum Gasteiger partial charge on any atom is 0.326 e. The normalized spacial score (nSPS) is 19.6. The second kappa shape index (κ2) is 5.21. The van der Waals surface area contributed by atoms with Crippen LogP contribution in [0.3, 0.4) is 0 Å². The Bertz CT molecular complexity index is 536. The van der Waals surface area contributed by atoms with Crippen LogP contribution < -0.4 is 0 Å². The molecular weight excluding hydrogens is 290 g/mol. The molecule has 0 aliphatic carbocycles. The first-order chi connectivity index (χ1) is 8.50. The molecule has 0 aromatic carbocycles. The number of carboxylic acids is 1. The number of carbonyl (C=O) groups is 2. The molecule has 1 aromatic rings. The number of nitrogens with zero attached hydrogens (tertiary/aromatic N) is 1. The van der Waals surface area contributed by atoms with E-state index in [4.69, 9.17) is 17.3 Å². The van der Waals surface area contributed by atoms with Crippen LogP contribution in [-0.4, -0.2) is 32.2 Å². The van der Waals surface area contributed by atoms with Crippen molar-refractivity contribution in [3.63, 3.8) is 0 Å². The largest absolute Gasteiger partial charge is 0.480 e. The van der Waals surface area contributed by atoms with Gasteiger partial charge in [-0.15, -0.1) is 11.3 Å². The molecule has 1 saturated heterocycles. The maximum absolute atomic E-state index is 12.1. The van der Waals surface area contributed by atoms with E-state index in [1.54, 1.807) is 6.08 Å². The number of thiophene rings is 1. The Morgan fingerprint density at radius 3 is 2.89 bits per heavy atom. The van der Waals surface area contributed by atoms with E-state index in [0.717, 1.165) is 21.5 Å². The lowest BCUT2D eigenvalue weighted by atomic mass is 10.3. The minimum atomic E-state index is -1.07. The summed E-state index contributed by atoms with van der Waals surface area (Å²) in [5, 5.41) is 10.8. The second-order valence-corrected chi connectivity index (χ2v) is 6.24. The molecule has 0 spiro atoms. The van der Waals surface area contributed by atoms with Crippen molar-refractivity contribution in [2.75, 3.05) is 0 Å². The molecule has 1 amide bonds. The molecule has 94 valence electrons.